The number of hydrogen-bond acceptors (Lipinski definition) is 3. The van der Waals surface area contributed by atoms with Crippen LogP contribution in [0.5, 0.6) is 0 Å². The minimum absolute atomic E-state index is 0.0486. The summed E-state index contributed by atoms with van der Waals surface area (Å²) in [5.41, 5.74) is 1.45. The first-order valence-electron chi connectivity index (χ1n) is 10.8. The van der Waals surface area contributed by atoms with E-state index >= 15 is 0 Å². The van der Waals surface area contributed by atoms with Gasteiger partial charge in [0.25, 0.3) is 0 Å². The lowest BCUT2D eigenvalue weighted by molar-refractivity contribution is -0.138. The highest BCUT2D eigenvalue weighted by molar-refractivity contribution is 6.32. The Hall–Kier alpha value is -3.08. The van der Waals surface area contributed by atoms with Gasteiger partial charge in [0.2, 0.25) is 0 Å². The summed E-state index contributed by atoms with van der Waals surface area (Å²) in [6.07, 6.45) is -3.72. The Morgan fingerprint density at radius 1 is 1.06 bits per heavy atom. The molecule has 1 aliphatic rings. The number of hydrogen-bond donors (Lipinski definition) is 0. The molecule has 0 N–H and O–H groups in total. The van der Waals surface area contributed by atoms with Crippen molar-refractivity contribution in [1.82, 2.24) is 4.90 Å². The van der Waals surface area contributed by atoms with E-state index in [1.165, 1.54) is 24.3 Å². The van der Waals surface area contributed by atoms with Gasteiger partial charge >= 0.3 is 6.18 Å². The fraction of sp³-hybridized carbons (Fsp3) is 0.269. The quantitative estimate of drug-likeness (QED) is 0.365. The van der Waals surface area contributed by atoms with Crippen molar-refractivity contribution in [3.63, 3.8) is 0 Å². The molecule has 1 unspecified atom stereocenters. The van der Waals surface area contributed by atoms with Crippen molar-refractivity contribution >= 4 is 17.3 Å². The van der Waals surface area contributed by atoms with Gasteiger partial charge in [0.1, 0.15) is 11.9 Å². The van der Waals surface area contributed by atoms with Crippen LogP contribution in [-0.2, 0) is 19.3 Å². The highest BCUT2D eigenvalue weighted by atomic mass is 35.5. The van der Waals surface area contributed by atoms with Crippen molar-refractivity contribution in [3.05, 3.63) is 99.8 Å². The van der Waals surface area contributed by atoms with Gasteiger partial charge in [0.05, 0.1) is 16.1 Å². The first kappa shape index (κ1) is 24.1. The van der Waals surface area contributed by atoms with Crippen LogP contribution in [0, 0.1) is 17.1 Å². The van der Waals surface area contributed by atoms with Gasteiger partial charge in [-0.3, -0.25) is 4.90 Å². The highest BCUT2D eigenvalue weighted by Gasteiger charge is 2.35. The largest absolute Gasteiger partial charge is 0.416 e. The van der Waals surface area contributed by atoms with E-state index in [4.69, 9.17) is 11.6 Å². The van der Waals surface area contributed by atoms with E-state index in [2.05, 4.69) is 4.90 Å². The normalized spacial score (nSPS) is 16.4. The van der Waals surface area contributed by atoms with Crippen molar-refractivity contribution < 1.29 is 17.6 Å². The molecule has 1 atom stereocenters. The Kier molecular flexibility index (Phi) is 7.11. The van der Waals surface area contributed by atoms with Gasteiger partial charge in [-0.15, -0.1) is 0 Å². The number of alkyl halides is 3. The first-order chi connectivity index (χ1) is 16.2. The lowest BCUT2D eigenvalue weighted by atomic mass is 10.0. The zero-order chi connectivity index (χ0) is 24.3. The van der Waals surface area contributed by atoms with Gasteiger partial charge in [0, 0.05) is 37.9 Å². The molecule has 0 amide bonds. The summed E-state index contributed by atoms with van der Waals surface area (Å²) in [7, 11) is 0. The topological polar surface area (TPSA) is 30.3 Å². The maximum absolute atomic E-state index is 13.7. The van der Waals surface area contributed by atoms with E-state index in [-0.39, 0.29) is 29.0 Å². The minimum atomic E-state index is -4.46. The molecule has 1 aliphatic heterocycles. The molecule has 3 nitrogen and oxygen atoms in total. The standard InChI is InChI=1S/C26H22ClF4N3/c27-25-13-22(10-7-19(25)14-32)34(16-20-3-1-2-4-24(20)26(29,30)31)23-11-12-33(17-23)15-18-5-8-21(28)9-6-18/h1-10,13,23H,11-12,15-17H2. The SMILES string of the molecule is N#Cc1ccc(N(Cc2ccccc2C(F)(F)F)C2CCN(Cc3ccc(F)cc3)C2)cc1Cl. The molecule has 1 fully saturated rings. The lowest BCUT2D eigenvalue weighted by Gasteiger charge is -2.32. The maximum atomic E-state index is 13.7. The van der Waals surface area contributed by atoms with Crippen LogP contribution in [0.4, 0.5) is 23.2 Å². The van der Waals surface area contributed by atoms with E-state index in [9.17, 15) is 22.8 Å². The number of nitrogens with zero attached hydrogens (tertiary/aromatic N) is 3. The molecular weight excluding hydrogens is 466 g/mol. The highest BCUT2D eigenvalue weighted by Crippen LogP contribution is 2.35. The summed E-state index contributed by atoms with van der Waals surface area (Å²) in [5.74, 6) is -0.296. The summed E-state index contributed by atoms with van der Waals surface area (Å²) in [6.45, 7) is 2.05. The second-order valence-corrected chi connectivity index (χ2v) is 8.77. The average molecular weight is 488 g/mol. The van der Waals surface area contributed by atoms with Crippen LogP contribution in [0.3, 0.4) is 0 Å². The fourth-order valence-corrected chi connectivity index (χ4v) is 4.60. The third-order valence-corrected chi connectivity index (χ3v) is 6.39. The molecule has 176 valence electrons. The van der Waals surface area contributed by atoms with Crippen molar-refractivity contribution in [3.8, 4) is 6.07 Å². The summed E-state index contributed by atoms with van der Waals surface area (Å²) in [5, 5.41) is 9.47. The molecular formula is C26H22ClF4N3. The summed E-state index contributed by atoms with van der Waals surface area (Å²) >= 11 is 6.27. The third kappa shape index (κ3) is 5.52. The van der Waals surface area contributed by atoms with Crippen molar-refractivity contribution in [2.75, 3.05) is 18.0 Å². The average Bonchev–Trinajstić information content (AvgIpc) is 3.26. The second-order valence-electron chi connectivity index (χ2n) is 8.36. The fourth-order valence-electron chi connectivity index (χ4n) is 4.38. The van der Waals surface area contributed by atoms with Gasteiger partial charge in [-0.25, -0.2) is 4.39 Å². The van der Waals surface area contributed by atoms with E-state index in [0.717, 1.165) is 24.6 Å². The molecule has 0 radical (unpaired) electrons. The van der Waals surface area contributed by atoms with Crippen LogP contribution < -0.4 is 4.90 Å². The molecule has 0 spiro atoms. The van der Waals surface area contributed by atoms with Crippen LogP contribution >= 0.6 is 11.6 Å². The van der Waals surface area contributed by atoms with Gasteiger partial charge in [-0.05, 0) is 53.9 Å². The third-order valence-electron chi connectivity index (χ3n) is 6.08. The smallest absolute Gasteiger partial charge is 0.363 e. The van der Waals surface area contributed by atoms with E-state index in [1.54, 1.807) is 36.4 Å². The summed E-state index contributed by atoms with van der Waals surface area (Å²) in [6, 6.07) is 18.8. The molecule has 0 saturated carbocycles. The van der Waals surface area contributed by atoms with Crippen molar-refractivity contribution in [2.45, 2.75) is 31.7 Å². The molecule has 3 aromatic rings. The van der Waals surface area contributed by atoms with Crippen LogP contribution in [0.25, 0.3) is 0 Å². The molecule has 4 rings (SSSR count). The zero-order valence-electron chi connectivity index (χ0n) is 18.2. The Morgan fingerprint density at radius 2 is 1.79 bits per heavy atom. The molecule has 1 heterocycles. The van der Waals surface area contributed by atoms with Gasteiger partial charge in [-0.2, -0.15) is 18.4 Å². The predicted octanol–water partition coefficient (Wildman–Crippen LogP) is 6.65. The van der Waals surface area contributed by atoms with Crippen molar-refractivity contribution in [1.29, 1.82) is 5.26 Å². The van der Waals surface area contributed by atoms with Crippen LogP contribution in [-0.4, -0.2) is 24.0 Å². The van der Waals surface area contributed by atoms with Crippen molar-refractivity contribution in [2.24, 2.45) is 0 Å². The predicted molar refractivity (Wildman–Crippen MR) is 124 cm³/mol. The Balaban J connectivity index is 1.62. The Bertz CT molecular complexity index is 1190. The molecule has 0 aliphatic carbocycles. The number of likely N-dealkylation sites (tertiary alicyclic amines) is 1. The van der Waals surface area contributed by atoms with Gasteiger partial charge < -0.3 is 4.90 Å². The molecule has 34 heavy (non-hydrogen) atoms. The second kappa shape index (κ2) is 10.0. The monoisotopic (exact) mass is 487 g/mol. The molecule has 0 bridgehead atoms. The Morgan fingerprint density at radius 3 is 2.47 bits per heavy atom. The van der Waals surface area contributed by atoms with Crippen LogP contribution in [0.15, 0.2) is 66.7 Å². The first-order valence-corrected chi connectivity index (χ1v) is 11.2. The molecule has 8 heteroatoms. The number of benzene rings is 3. The van der Waals surface area contributed by atoms with Gasteiger partial charge in [-0.1, -0.05) is 41.9 Å². The summed E-state index contributed by atoms with van der Waals surface area (Å²) < 4.78 is 54.2. The zero-order valence-corrected chi connectivity index (χ0v) is 19.0. The summed E-state index contributed by atoms with van der Waals surface area (Å²) in [4.78, 5) is 4.13. The van der Waals surface area contributed by atoms with E-state index in [1.807, 2.05) is 11.0 Å². The number of halogens is 5. The lowest BCUT2D eigenvalue weighted by Crippen LogP contribution is -2.37. The Labute approximate surface area is 200 Å². The molecule has 0 aromatic heterocycles. The molecule has 1 saturated heterocycles. The van der Waals surface area contributed by atoms with E-state index < -0.39 is 11.7 Å². The van der Waals surface area contributed by atoms with Gasteiger partial charge in [0.15, 0.2) is 0 Å². The number of nitriles is 1. The van der Waals surface area contributed by atoms with E-state index in [0.29, 0.717) is 24.3 Å². The maximum Gasteiger partial charge on any atom is 0.416 e. The minimum Gasteiger partial charge on any atom is -0.363 e. The number of rotatable bonds is 6. The van der Waals surface area contributed by atoms with Crippen LogP contribution in [0.2, 0.25) is 5.02 Å². The molecule has 3 aromatic carbocycles. The van der Waals surface area contributed by atoms with Crippen LogP contribution in [0.1, 0.15) is 28.7 Å². The number of anilines is 1.